The first-order valence-electron chi connectivity index (χ1n) is 11.2. The summed E-state index contributed by atoms with van der Waals surface area (Å²) in [6.45, 7) is 1.81. The number of ether oxygens (including phenoxy) is 1. The zero-order valence-corrected chi connectivity index (χ0v) is 19.5. The Morgan fingerprint density at radius 2 is 1.18 bits per heavy atom. The molecule has 0 bridgehead atoms. The van der Waals surface area contributed by atoms with Gasteiger partial charge in [-0.3, -0.25) is 0 Å². The molecule has 198 valence electrons. The number of alkyl halides is 2. The molecule has 4 rings (SSSR count). The van der Waals surface area contributed by atoms with E-state index in [1.54, 1.807) is 6.92 Å². The van der Waals surface area contributed by atoms with Crippen LogP contribution >= 0.6 is 0 Å². The van der Waals surface area contributed by atoms with E-state index >= 15 is 0 Å². The third kappa shape index (κ3) is 5.20. The Hall–Kier alpha value is -3.95. The molecule has 0 N–H and O–H groups in total. The minimum absolute atomic E-state index is 0.00761. The van der Waals surface area contributed by atoms with E-state index in [-0.39, 0.29) is 39.9 Å². The highest BCUT2D eigenvalue weighted by molar-refractivity contribution is 5.72. The van der Waals surface area contributed by atoms with Crippen LogP contribution in [0.5, 0.6) is 5.75 Å². The first-order valence-corrected chi connectivity index (χ1v) is 11.2. The number of aryl methyl sites for hydroxylation is 1. The van der Waals surface area contributed by atoms with Gasteiger partial charge in [0.1, 0.15) is 5.82 Å². The van der Waals surface area contributed by atoms with Crippen molar-refractivity contribution >= 4 is 0 Å². The van der Waals surface area contributed by atoms with E-state index in [0.717, 1.165) is 18.2 Å². The van der Waals surface area contributed by atoms with E-state index in [1.165, 1.54) is 24.3 Å². The maximum absolute atomic E-state index is 14.9. The van der Waals surface area contributed by atoms with Gasteiger partial charge in [-0.25, -0.2) is 30.7 Å². The number of benzene rings is 4. The van der Waals surface area contributed by atoms with Crippen molar-refractivity contribution in [1.82, 2.24) is 0 Å². The monoisotopic (exact) mass is 540 g/mol. The number of rotatable bonds is 7. The van der Waals surface area contributed by atoms with Crippen LogP contribution in [0.1, 0.15) is 24.5 Å². The summed E-state index contributed by atoms with van der Waals surface area (Å²) in [6, 6.07) is 8.57. The largest absolute Gasteiger partial charge is 0.427 e. The van der Waals surface area contributed by atoms with Gasteiger partial charge in [0.05, 0.1) is 5.56 Å². The highest BCUT2D eigenvalue weighted by Crippen LogP contribution is 2.37. The quantitative estimate of drug-likeness (QED) is 0.168. The summed E-state index contributed by atoms with van der Waals surface area (Å²) >= 11 is 0. The van der Waals surface area contributed by atoms with Gasteiger partial charge in [-0.1, -0.05) is 43.7 Å². The van der Waals surface area contributed by atoms with Crippen molar-refractivity contribution in [2.24, 2.45) is 0 Å². The topological polar surface area (TPSA) is 9.23 Å². The van der Waals surface area contributed by atoms with Crippen LogP contribution in [-0.4, -0.2) is 0 Å². The number of halogens is 9. The molecule has 0 heterocycles. The minimum atomic E-state index is -4.45. The summed E-state index contributed by atoms with van der Waals surface area (Å²) in [4.78, 5) is 0. The highest BCUT2D eigenvalue weighted by Gasteiger charge is 2.37. The number of hydrogen-bond acceptors (Lipinski definition) is 1. The lowest BCUT2D eigenvalue weighted by molar-refractivity contribution is -0.187. The molecule has 4 aromatic carbocycles. The summed E-state index contributed by atoms with van der Waals surface area (Å²) in [5, 5.41) is 0. The van der Waals surface area contributed by atoms with Gasteiger partial charge in [0.25, 0.3) is 0 Å². The minimum Gasteiger partial charge on any atom is -0.426 e. The third-order valence-electron chi connectivity index (χ3n) is 5.76. The van der Waals surface area contributed by atoms with E-state index in [1.807, 2.05) is 0 Å². The maximum Gasteiger partial charge on any atom is 0.427 e. The SMILES string of the molecule is CCCc1ccc(-c2ccc(-c3ccc(OC(F)(F)c4cc(F)c(F)c(F)c4)c(F)c3)c(F)c2)c(F)c1F. The molecule has 38 heavy (non-hydrogen) atoms. The van der Waals surface area contributed by atoms with Gasteiger partial charge in [-0.2, -0.15) is 8.78 Å². The Bertz CT molecular complexity index is 1490. The van der Waals surface area contributed by atoms with E-state index in [4.69, 9.17) is 0 Å². The van der Waals surface area contributed by atoms with Crippen molar-refractivity contribution < 1.29 is 44.3 Å². The first kappa shape index (κ1) is 27.1. The second kappa shape index (κ2) is 10.4. The van der Waals surface area contributed by atoms with Crippen LogP contribution in [0.2, 0.25) is 0 Å². The molecule has 0 saturated heterocycles. The summed E-state index contributed by atoms with van der Waals surface area (Å²) in [5.41, 5.74) is -1.67. The van der Waals surface area contributed by atoms with Crippen molar-refractivity contribution in [2.45, 2.75) is 25.9 Å². The Morgan fingerprint density at radius 3 is 1.79 bits per heavy atom. The molecule has 0 amide bonds. The van der Waals surface area contributed by atoms with Crippen molar-refractivity contribution in [3.63, 3.8) is 0 Å². The normalized spacial score (nSPS) is 11.6. The standard InChI is InChI=1S/C28H17F9O/c1-2-3-14-4-8-19(26(34)25(14)33)16-5-7-18(20(29)10-16)15-6-9-24(21(30)11-15)38-28(36,37)17-12-22(31)27(35)23(32)13-17/h4-13H,2-3H2,1H3. The fourth-order valence-electron chi connectivity index (χ4n) is 3.86. The molecule has 1 nitrogen and oxygen atoms in total. The Balaban J connectivity index is 1.61. The van der Waals surface area contributed by atoms with Gasteiger partial charge >= 0.3 is 6.11 Å². The van der Waals surface area contributed by atoms with Crippen LogP contribution in [0.15, 0.2) is 60.7 Å². The van der Waals surface area contributed by atoms with Crippen molar-refractivity contribution in [3.8, 4) is 28.0 Å². The second-order valence-corrected chi connectivity index (χ2v) is 8.36. The molecule has 0 radical (unpaired) electrons. The molecule has 0 spiro atoms. The van der Waals surface area contributed by atoms with Crippen LogP contribution in [0.4, 0.5) is 39.5 Å². The maximum atomic E-state index is 14.9. The molecule has 10 heteroatoms. The lowest BCUT2D eigenvalue weighted by atomic mass is 9.97. The summed E-state index contributed by atoms with van der Waals surface area (Å²) in [7, 11) is 0. The van der Waals surface area contributed by atoms with Crippen LogP contribution in [0.3, 0.4) is 0 Å². The molecule has 0 aromatic heterocycles. The van der Waals surface area contributed by atoms with Crippen LogP contribution < -0.4 is 4.74 Å². The molecule has 0 saturated carbocycles. The highest BCUT2D eigenvalue weighted by atomic mass is 19.3. The van der Waals surface area contributed by atoms with E-state index in [0.29, 0.717) is 18.9 Å². The molecule has 0 fully saturated rings. The second-order valence-electron chi connectivity index (χ2n) is 8.36. The van der Waals surface area contributed by atoms with Crippen LogP contribution in [0, 0.1) is 40.7 Å². The Morgan fingerprint density at radius 1 is 0.605 bits per heavy atom. The van der Waals surface area contributed by atoms with Gasteiger partial charge in [0.2, 0.25) is 0 Å². The average molecular weight is 540 g/mol. The van der Waals surface area contributed by atoms with Gasteiger partial charge in [0, 0.05) is 11.1 Å². The first-order chi connectivity index (χ1) is 17.9. The molecule has 0 atom stereocenters. The molecular formula is C28H17F9O. The predicted octanol–water partition coefficient (Wildman–Crippen LogP) is 9.08. The van der Waals surface area contributed by atoms with Crippen molar-refractivity contribution in [3.05, 3.63) is 113 Å². The molecular weight excluding hydrogens is 523 g/mol. The zero-order valence-electron chi connectivity index (χ0n) is 19.5. The van der Waals surface area contributed by atoms with Gasteiger partial charge in [-0.05, 0) is 53.4 Å². The lowest BCUT2D eigenvalue weighted by Crippen LogP contribution is -2.23. The van der Waals surface area contributed by atoms with Crippen molar-refractivity contribution in [2.75, 3.05) is 0 Å². The Labute approximate surface area is 211 Å². The average Bonchev–Trinajstić information content (AvgIpc) is 2.86. The third-order valence-corrected chi connectivity index (χ3v) is 5.76. The summed E-state index contributed by atoms with van der Waals surface area (Å²) in [5.74, 6) is -11.3. The van der Waals surface area contributed by atoms with Gasteiger partial charge in [0.15, 0.2) is 40.7 Å². The van der Waals surface area contributed by atoms with E-state index < -0.39 is 58.1 Å². The Kier molecular flexibility index (Phi) is 7.44. The molecule has 0 aliphatic rings. The molecule has 0 aliphatic carbocycles. The van der Waals surface area contributed by atoms with Crippen molar-refractivity contribution in [1.29, 1.82) is 0 Å². The summed E-state index contributed by atoms with van der Waals surface area (Å²) < 4.78 is 131. The van der Waals surface area contributed by atoms with Crippen LogP contribution in [0.25, 0.3) is 22.3 Å². The van der Waals surface area contributed by atoms with E-state index in [2.05, 4.69) is 4.74 Å². The molecule has 0 unspecified atom stereocenters. The predicted molar refractivity (Wildman–Crippen MR) is 122 cm³/mol. The van der Waals surface area contributed by atoms with E-state index in [9.17, 15) is 39.5 Å². The number of hydrogen-bond donors (Lipinski definition) is 0. The smallest absolute Gasteiger partial charge is 0.426 e. The van der Waals surface area contributed by atoms with Crippen LogP contribution in [-0.2, 0) is 12.5 Å². The van der Waals surface area contributed by atoms with Gasteiger partial charge < -0.3 is 4.74 Å². The summed E-state index contributed by atoms with van der Waals surface area (Å²) in [6.07, 6.45) is -3.53. The zero-order chi connectivity index (χ0) is 27.8. The van der Waals surface area contributed by atoms with Gasteiger partial charge in [-0.15, -0.1) is 0 Å². The molecule has 4 aromatic rings. The fraction of sp³-hybridized carbons (Fsp3) is 0.143. The fourth-order valence-corrected chi connectivity index (χ4v) is 3.86. The molecule has 0 aliphatic heterocycles. The lowest BCUT2D eigenvalue weighted by Gasteiger charge is -2.19.